The molecule has 2 heterocycles. The lowest BCUT2D eigenvalue weighted by atomic mass is 9.76. The molecule has 3 rings (SSSR count). The van der Waals surface area contributed by atoms with E-state index in [-0.39, 0.29) is 0 Å². The van der Waals surface area contributed by atoms with Crippen LogP contribution in [0.2, 0.25) is 0 Å². The normalized spacial score (nSPS) is 39.1. The molecule has 0 spiro atoms. The van der Waals surface area contributed by atoms with Crippen molar-refractivity contribution in [3.05, 3.63) is 0 Å². The van der Waals surface area contributed by atoms with Crippen molar-refractivity contribution in [3.8, 4) is 0 Å². The molecule has 3 fully saturated rings. The van der Waals surface area contributed by atoms with Gasteiger partial charge in [-0.2, -0.15) is 0 Å². The zero-order valence-corrected chi connectivity index (χ0v) is 9.78. The molecule has 1 saturated carbocycles. The first-order valence-corrected chi connectivity index (χ1v) is 6.68. The Balaban J connectivity index is 1.55. The average molecular weight is 223 g/mol. The summed E-state index contributed by atoms with van der Waals surface area (Å²) in [5.74, 6) is 1.57. The molecular formula is C13H21NO2. The molecule has 2 aliphatic heterocycles. The summed E-state index contributed by atoms with van der Waals surface area (Å²) in [5, 5.41) is 3.54. The van der Waals surface area contributed by atoms with E-state index in [1.807, 2.05) is 0 Å². The van der Waals surface area contributed by atoms with Gasteiger partial charge in [-0.25, -0.2) is 0 Å². The maximum atomic E-state index is 12.2. The van der Waals surface area contributed by atoms with E-state index in [1.165, 1.54) is 19.3 Å². The average Bonchev–Trinajstić information content (AvgIpc) is 2.22. The molecule has 0 radical (unpaired) electrons. The molecule has 2 saturated heterocycles. The van der Waals surface area contributed by atoms with Crippen molar-refractivity contribution in [2.75, 3.05) is 13.2 Å². The van der Waals surface area contributed by atoms with Crippen LogP contribution in [0.5, 0.6) is 0 Å². The smallest absolute Gasteiger partial charge is 0.136 e. The summed E-state index contributed by atoms with van der Waals surface area (Å²) in [5.41, 5.74) is 0. The Morgan fingerprint density at radius 3 is 2.44 bits per heavy atom. The van der Waals surface area contributed by atoms with Crippen LogP contribution < -0.4 is 5.32 Å². The summed E-state index contributed by atoms with van der Waals surface area (Å²) >= 11 is 0. The number of fused-ring (bicyclic) bond motifs is 2. The second kappa shape index (κ2) is 4.46. The van der Waals surface area contributed by atoms with E-state index in [9.17, 15) is 4.79 Å². The fourth-order valence-electron chi connectivity index (χ4n) is 3.25. The summed E-state index contributed by atoms with van der Waals surface area (Å²) in [6.07, 6.45) is 6.76. The third kappa shape index (κ3) is 2.16. The first-order chi connectivity index (χ1) is 7.81. The lowest BCUT2D eigenvalue weighted by Gasteiger charge is -2.40. The van der Waals surface area contributed by atoms with E-state index in [4.69, 9.17) is 4.74 Å². The van der Waals surface area contributed by atoms with Crippen molar-refractivity contribution in [2.24, 2.45) is 11.8 Å². The Morgan fingerprint density at radius 1 is 1.19 bits per heavy atom. The minimum Gasteiger partial charge on any atom is -0.378 e. The Hall–Kier alpha value is -0.410. The number of morpholine rings is 1. The highest BCUT2D eigenvalue weighted by Gasteiger charge is 2.36. The molecule has 3 aliphatic rings. The fourth-order valence-corrected chi connectivity index (χ4v) is 3.25. The van der Waals surface area contributed by atoms with Gasteiger partial charge in [0.15, 0.2) is 0 Å². The molecular weight excluding hydrogens is 202 g/mol. The van der Waals surface area contributed by atoms with Crippen LogP contribution in [0.3, 0.4) is 0 Å². The minimum atomic E-state index is 0.320. The lowest BCUT2D eigenvalue weighted by Crippen LogP contribution is -2.55. The number of ether oxygens (including phenoxy) is 1. The van der Waals surface area contributed by atoms with Gasteiger partial charge in [-0.05, 0) is 18.8 Å². The molecule has 0 aromatic carbocycles. The zero-order chi connectivity index (χ0) is 11.0. The van der Waals surface area contributed by atoms with Gasteiger partial charge in [-0.15, -0.1) is 0 Å². The highest BCUT2D eigenvalue weighted by molar-refractivity contribution is 5.81. The van der Waals surface area contributed by atoms with Gasteiger partial charge in [0.25, 0.3) is 0 Å². The molecule has 0 aromatic heterocycles. The lowest BCUT2D eigenvalue weighted by molar-refractivity contribution is -0.127. The van der Waals surface area contributed by atoms with Crippen molar-refractivity contribution in [1.82, 2.24) is 5.32 Å². The van der Waals surface area contributed by atoms with E-state index < -0.39 is 0 Å². The standard InChI is InChI=1S/C13H21NO2/c15-13(4-9-2-1-3-9)10-5-11-7-16-8-12(6-10)14-11/h9-12,14H,1-8H2. The quantitative estimate of drug-likeness (QED) is 0.788. The van der Waals surface area contributed by atoms with Crippen molar-refractivity contribution in [1.29, 1.82) is 0 Å². The van der Waals surface area contributed by atoms with Crippen LogP contribution in [0.4, 0.5) is 0 Å². The predicted octanol–water partition coefficient (Wildman–Crippen LogP) is 1.51. The second-order valence-electron chi connectivity index (χ2n) is 5.73. The van der Waals surface area contributed by atoms with Crippen molar-refractivity contribution in [3.63, 3.8) is 0 Å². The van der Waals surface area contributed by atoms with Crippen LogP contribution in [0, 0.1) is 11.8 Å². The molecule has 0 amide bonds. The predicted molar refractivity (Wildman–Crippen MR) is 61.2 cm³/mol. The Morgan fingerprint density at radius 2 is 1.88 bits per heavy atom. The molecule has 3 heteroatoms. The van der Waals surface area contributed by atoms with Gasteiger partial charge in [0.1, 0.15) is 5.78 Å². The number of hydrogen-bond acceptors (Lipinski definition) is 3. The monoisotopic (exact) mass is 223 g/mol. The number of piperidine rings is 1. The Kier molecular flexibility index (Phi) is 2.99. The largest absolute Gasteiger partial charge is 0.378 e. The Bertz CT molecular complexity index is 263. The highest BCUT2D eigenvalue weighted by Crippen LogP contribution is 2.33. The van der Waals surface area contributed by atoms with E-state index in [0.29, 0.717) is 23.8 Å². The molecule has 3 nitrogen and oxygen atoms in total. The summed E-state index contributed by atoms with van der Waals surface area (Å²) in [7, 11) is 0. The van der Waals surface area contributed by atoms with E-state index in [2.05, 4.69) is 5.32 Å². The summed E-state index contributed by atoms with van der Waals surface area (Å²) < 4.78 is 5.50. The van der Waals surface area contributed by atoms with Crippen molar-refractivity contribution in [2.45, 2.75) is 50.6 Å². The number of carbonyl (C=O) groups is 1. The fraction of sp³-hybridized carbons (Fsp3) is 0.923. The topological polar surface area (TPSA) is 38.3 Å². The van der Waals surface area contributed by atoms with Gasteiger partial charge >= 0.3 is 0 Å². The number of rotatable bonds is 3. The molecule has 2 atom stereocenters. The zero-order valence-electron chi connectivity index (χ0n) is 9.78. The third-order valence-corrected chi connectivity index (χ3v) is 4.42. The van der Waals surface area contributed by atoms with E-state index >= 15 is 0 Å². The van der Waals surface area contributed by atoms with Gasteiger partial charge < -0.3 is 10.1 Å². The van der Waals surface area contributed by atoms with Gasteiger partial charge in [0.05, 0.1) is 13.2 Å². The van der Waals surface area contributed by atoms with Gasteiger partial charge in [-0.1, -0.05) is 19.3 Å². The van der Waals surface area contributed by atoms with Crippen LogP contribution in [0.1, 0.15) is 38.5 Å². The maximum absolute atomic E-state index is 12.2. The van der Waals surface area contributed by atoms with Gasteiger partial charge in [0.2, 0.25) is 0 Å². The maximum Gasteiger partial charge on any atom is 0.136 e. The van der Waals surface area contributed by atoms with Crippen molar-refractivity contribution < 1.29 is 9.53 Å². The number of ketones is 1. The third-order valence-electron chi connectivity index (χ3n) is 4.42. The molecule has 2 bridgehead atoms. The highest BCUT2D eigenvalue weighted by atomic mass is 16.5. The van der Waals surface area contributed by atoms with Gasteiger partial charge in [-0.3, -0.25) is 4.79 Å². The summed E-state index contributed by atoms with van der Waals surface area (Å²) in [4.78, 5) is 12.2. The minimum absolute atomic E-state index is 0.320. The number of nitrogens with one attached hydrogen (secondary N) is 1. The molecule has 16 heavy (non-hydrogen) atoms. The first-order valence-electron chi connectivity index (χ1n) is 6.68. The van der Waals surface area contributed by atoms with Crippen LogP contribution in [0.15, 0.2) is 0 Å². The molecule has 1 N–H and O–H groups in total. The Labute approximate surface area is 96.9 Å². The van der Waals surface area contributed by atoms with Crippen LogP contribution >= 0.6 is 0 Å². The van der Waals surface area contributed by atoms with E-state index in [0.717, 1.165) is 38.4 Å². The van der Waals surface area contributed by atoms with E-state index in [1.54, 1.807) is 0 Å². The molecule has 1 aliphatic carbocycles. The number of carbonyl (C=O) groups excluding carboxylic acids is 1. The second-order valence-corrected chi connectivity index (χ2v) is 5.73. The summed E-state index contributed by atoms with van der Waals surface area (Å²) in [6.45, 7) is 1.59. The van der Waals surface area contributed by atoms with Crippen LogP contribution in [0.25, 0.3) is 0 Å². The van der Waals surface area contributed by atoms with Crippen LogP contribution in [-0.4, -0.2) is 31.1 Å². The van der Waals surface area contributed by atoms with Crippen molar-refractivity contribution >= 4 is 5.78 Å². The molecule has 2 unspecified atom stereocenters. The number of Topliss-reactive ketones (excluding diaryl/α,β-unsaturated/α-hetero) is 1. The van der Waals surface area contributed by atoms with Gasteiger partial charge in [0, 0.05) is 24.4 Å². The van der Waals surface area contributed by atoms with Crippen LogP contribution in [-0.2, 0) is 9.53 Å². The number of hydrogen-bond donors (Lipinski definition) is 1. The molecule has 0 aromatic rings. The molecule has 90 valence electrons. The SMILES string of the molecule is O=C(CC1CCC1)C1CC2COCC(C1)N2. The first kappa shape index (κ1) is 10.7. The summed E-state index contributed by atoms with van der Waals surface area (Å²) in [6, 6.07) is 0.866.